The maximum atomic E-state index is 6.83. The Balaban J connectivity index is 1.51. The Hall–Kier alpha value is -2.50. The van der Waals surface area contributed by atoms with Crippen LogP contribution in [0, 0.1) is 0 Å². The fourth-order valence-electron chi connectivity index (χ4n) is 5.74. The van der Waals surface area contributed by atoms with Crippen LogP contribution in [0.2, 0.25) is 0 Å². The predicted molar refractivity (Wildman–Crippen MR) is 184 cm³/mol. The molecule has 0 spiro atoms. The summed E-state index contributed by atoms with van der Waals surface area (Å²) < 4.78 is 19.3. The van der Waals surface area contributed by atoms with Crippen LogP contribution in [0.4, 0.5) is 0 Å². The Kier molecular flexibility index (Phi) is 19.5. The SMILES string of the molecule is CCCCCCCCCCCCCCC[C@@H](OCc1ccccc1)[C@@H](OCc1ccccc1)[C@@H](N)COCc1ccccc1. The van der Waals surface area contributed by atoms with Gasteiger partial charge in [0.25, 0.3) is 0 Å². The largest absolute Gasteiger partial charge is 0.375 e. The molecule has 2 N–H and O–H groups in total. The zero-order valence-electron chi connectivity index (χ0n) is 27.4. The molecule has 3 aromatic carbocycles. The van der Waals surface area contributed by atoms with Crippen LogP contribution in [0.1, 0.15) is 114 Å². The monoisotopic (exact) mass is 601 g/mol. The molecule has 0 radical (unpaired) electrons. The molecule has 4 heteroatoms. The second-order valence-electron chi connectivity index (χ2n) is 12.3. The van der Waals surface area contributed by atoms with Crippen molar-refractivity contribution >= 4 is 0 Å². The Labute approximate surface area is 268 Å². The zero-order chi connectivity index (χ0) is 30.9. The summed E-state index contributed by atoms with van der Waals surface area (Å²) in [5.41, 5.74) is 10.3. The van der Waals surface area contributed by atoms with Crippen molar-refractivity contribution in [1.29, 1.82) is 0 Å². The molecule has 44 heavy (non-hydrogen) atoms. The molecule has 4 nitrogen and oxygen atoms in total. The third kappa shape index (κ3) is 16.0. The summed E-state index contributed by atoms with van der Waals surface area (Å²) in [5, 5.41) is 0. The third-order valence-corrected chi connectivity index (χ3v) is 8.39. The smallest absolute Gasteiger partial charge is 0.101 e. The number of rotatable bonds is 26. The zero-order valence-corrected chi connectivity index (χ0v) is 27.4. The van der Waals surface area contributed by atoms with Crippen molar-refractivity contribution < 1.29 is 14.2 Å². The molecule has 0 heterocycles. The molecule has 0 amide bonds. The topological polar surface area (TPSA) is 53.7 Å². The van der Waals surface area contributed by atoms with E-state index in [0.29, 0.717) is 26.4 Å². The summed E-state index contributed by atoms with van der Waals surface area (Å²) in [6.45, 7) is 4.29. The lowest BCUT2D eigenvalue weighted by Crippen LogP contribution is -2.48. The third-order valence-electron chi connectivity index (χ3n) is 8.39. The van der Waals surface area contributed by atoms with E-state index in [-0.39, 0.29) is 18.2 Å². The van der Waals surface area contributed by atoms with E-state index >= 15 is 0 Å². The number of nitrogens with two attached hydrogens (primary N) is 1. The minimum atomic E-state index is -0.301. The minimum Gasteiger partial charge on any atom is -0.375 e. The van der Waals surface area contributed by atoms with Crippen molar-refractivity contribution in [2.24, 2.45) is 5.73 Å². The molecule has 3 rings (SSSR count). The van der Waals surface area contributed by atoms with Gasteiger partial charge in [-0.3, -0.25) is 0 Å². The van der Waals surface area contributed by atoms with Crippen molar-refractivity contribution in [3.8, 4) is 0 Å². The molecule has 3 aromatic rings. The fourth-order valence-corrected chi connectivity index (χ4v) is 5.74. The molecule has 0 aromatic heterocycles. The van der Waals surface area contributed by atoms with Gasteiger partial charge in [-0.15, -0.1) is 0 Å². The molecular weight excluding hydrogens is 542 g/mol. The van der Waals surface area contributed by atoms with Crippen molar-refractivity contribution in [2.45, 2.75) is 135 Å². The van der Waals surface area contributed by atoms with Gasteiger partial charge in [0.1, 0.15) is 6.10 Å². The minimum absolute atomic E-state index is 0.109. The number of hydrogen-bond donors (Lipinski definition) is 1. The number of unbranched alkanes of at least 4 members (excludes halogenated alkanes) is 12. The van der Waals surface area contributed by atoms with Gasteiger partial charge in [0, 0.05) is 0 Å². The van der Waals surface area contributed by atoms with Crippen LogP contribution in [-0.4, -0.2) is 24.9 Å². The van der Waals surface area contributed by atoms with Gasteiger partial charge in [-0.05, 0) is 23.1 Å². The molecule has 242 valence electrons. The highest BCUT2D eigenvalue weighted by atomic mass is 16.5. The normalized spacial score (nSPS) is 13.5. The van der Waals surface area contributed by atoms with Crippen LogP contribution < -0.4 is 5.73 Å². The van der Waals surface area contributed by atoms with Gasteiger partial charge in [-0.25, -0.2) is 0 Å². The highest BCUT2D eigenvalue weighted by Crippen LogP contribution is 2.21. The van der Waals surface area contributed by atoms with Gasteiger partial charge < -0.3 is 19.9 Å². The summed E-state index contributed by atoms with van der Waals surface area (Å²) in [6.07, 6.45) is 18.0. The Morgan fingerprint density at radius 1 is 0.500 bits per heavy atom. The molecule has 0 bridgehead atoms. The van der Waals surface area contributed by atoms with Gasteiger partial charge in [0.2, 0.25) is 0 Å². The van der Waals surface area contributed by atoms with Gasteiger partial charge in [-0.1, -0.05) is 181 Å². The van der Waals surface area contributed by atoms with Gasteiger partial charge in [0.05, 0.1) is 38.6 Å². The van der Waals surface area contributed by atoms with E-state index in [1.165, 1.54) is 82.6 Å². The highest BCUT2D eigenvalue weighted by Gasteiger charge is 2.29. The number of benzene rings is 3. The highest BCUT2D eigenvalue weighted by molar-refractivity contribution is 5.15. The standard InChI is InChI=1S/C40H59NO3/c1-2-3-4-5-6-7-8-9-10-11-12-13-23-30-39(43-32-36-26-19-15-20-27-36)40(44-33-37-28-21-16-22-29-37)38(41)34-42-31-35-24-17-14-18-25-35/h14-22,24-29,38-40H,2-13,23,30-34,41H2,1H3/t38-,39+,40-/m0/s1. The first-order chi connectivity index (χ1) is 21.8. The van der Waals surface area contributed by atoms with Crippen LogP contribution in [0.15, 0.2) is 91.0 Å². The quantitative estimate of drug-likeness (QED) is 0.0930. The van der Waals surface area contributed by atoms with E-state index in [4.69, 9.17) is 19.9 Å². The summed E-state index contributed by atoms with van der Waals surface area (Å²) in [7, 11) is 0. The molecular formula is C40H59NO3. The van der Waals surface area contributed by atoms with E-state index in [2.05, 4.69) is 55.5 Å². The van der Waals surface area contributed by atoms with Crippen molar-refractivity contribution in [1.82, 2.24) is 0 Å². The molecule has 0 aliphatic carbocycles. The Bertz CT molecular complexity index is 1050. The average molecular weight is 602 g/mol. The van der Waals surface area contributed by atoms with E-state index in [1.54, 1.807) is 0 Å². The van der Waals surface area contributed by atoms with Crippen LogP contribution in [0.3, 0.4) is 0 Å². The van der Waals surface area contributed by atoms with E-state index in [1.807, 2.05) is 42.5 Å². The second kappa shape index (κ2) is 23.8. The molecule has 0 fully saturated rings. The second-order valence-corrected chi connectivity index (χ2v) is 12.3. The van der Waals surface area contributed by atoms with E-state index in [0.717, 1.165) is 24.0 Å². The lowest BCUT2D eigenvalue weighted by Gasteiger charge is -2.32. The molecule has 0 unspecified atom stereocenters. The fraction of sp³-hybridized carbons (Fsp3) is 0.550. The Morgan fingerprint density at radius 3 is 1.39 bits per heavy atom. The van der Waals surface area contributed by atoms with Gasteiger partial charge >= 0.3 is 0 Å². The summed E-state index contributed by atoms with van der Waals surface area (Å²) >= 11 is 0. The lowest BCUT2D eigenvalue weighted by molar-refractivity contribution is -0.108. The number of hydrogen-bond acceptors (Lipinski definition) is 4. The summed E-state index contributed by atoms with van der Waals surface area (Å²) in [6, 6.07) is 30.7. The first kappa shape index (κ1) is 36.0. The van der Waals surface area contributed by atoms with Crippen LogP contribution in [-0.2, 0) is 34.0 Å². The number of ether oxygens (including phenoxy) is 3. The summed E-state index contributed by atoms with van der Waals surface area (Å²) in [4.78, 5) is 0. The molecule has 0 aliphatic heterocycles. The van der Waals surface area contributed by atoms with E-state index < -0.39 is 0 Å². The van der Waals surface area contributed by atoms with Crippen molar-refractivity contribution in [2.75, 3.05) is 6.61 Å². The maximum Gasteiger partial charge on any atom is 0.101 e. The van der Waals surface area contributed by atoms with Crippen molar-refractivity contribution in [3.63, 3.8) is 0 Å². The average Bonchev–Trinajstić information content (AvgIpc) is 3.06. The molecule has 0 saturated carbocycles. The van der Waals surface area contributed by atoms with Gasteiger partial charge in [0.15, 0.2) is 0 Å². The van der Waals surface area contributed by atoms with Crippen LogP contribution in [0.5, 0.6) is 0 Å². The Morgan fingerprint density at radius 2 is 0.909 bits per heavy atom. The molecule has 0 aliphatic rings. The molecule has 3 atom stereocenters. The van der Waals surface area contributed by atoms with Crippen molar-refractivity contribution in [3.05, 3.63) is 108 Å². The van der Waals surface area contributed by atoms with Crippen LogP contribution in [0.25, 0.3) is 0 Å². The lowest BCUT2D eigenvalue weighted by atomic mass is 9.99. The van der Waals surface area contributed by atoms with Crippen LogP contribution >= 0.6 is 0 Å². The van der Waals surface area contributed by atoms with Gasteiger partial charge in [-0.2, -0.15) is 0 Å². The maximum absolute atomic E-state index is 6.83. The first-order valence-electron chi connectivity index (χ1n) is 17.4. The predicted octanol–water partition coefficient (Wildman–Crippen LogP) is 10.2. The molecule has 0 saturated heterocycles. The first-order valence-corrected chi connectivity index (χ1v) is 17.4. The summed E-state index contributed by atoms with van der Waals surface area (Å²) in [5.74, 6) is 0. The van der Waals surface area contributed by atoms with E-state index in [9.17, 15) is 0 Å².